The van der Waals surface area contributed by atoms with Crippen molar-refractivity contribution >= 4 is 11.6 Å². The summed E-state index contributed by atoms with van der Waals surface area (Å²) in [6.45, 7) is 3.59. The molecule has 1 heterocycles. The van der Waals surface area contributed by atoms with Crippen LogP contribution in [0.15, 0.2) is 34.9 Å². The molecule has 0 saturated carbocycles. The first-order chi connectivity index (χ1) is 8.28. The van der Waals surface area contributed by atoms with Gasteiger partial charge in [0, 0.05) is 11.6 Å². The molecule has 0 radical (unpaired) electrons. The van der Waals surface area contributed by atoms with Crippen LogP contribution in [0, 0.1) is 0 Å². The molecule has 0 bridgehead atoms. The standard InChI is InChI=1S/C12H13ClN2O2/c1-2-14-7-10-8-16-12(15-10)17-11-5-3-9(13)4-6-11/h3-6,8,14H,2,7H2,1H3. The number of nitrogens with one attached hydrogen (secondary N) is 1. The Morgan fingerprint density at radius 1 is 1.35 bits per heavy atom. The van der Waals surface area contributed by atoms with Gasteiger partial charge >= 0.3 is 6.08 Å². The van der Waals surface area contributed by atoms with Crippen LogP contribution in [0.3, 0.4) is 0 Å². The lowest BCUT2D eigenvalue weighted by molar-refractivity contribution is 0.331. The van der Waals surface area contributed by atoms with Crippen molar-refractivity contribution in [3.63, 3.8) is 0 Å². The van der Waals surface area contributed by atoms with Crippen LogP contribution >= 0.6 is 11.6 Å². The fraction of sp³-hybridized carbons (Fsp3) is 0.250. The Hall–Kier alpha value is -1.52. The molecule has 2 rings (SSSR count). The first-order valence-electron chi connectivity index (χ1n) is 5.36. The summed E-state index contributed by atoms with van der Waals surface area (Å²) in [5, 5.41) is 3.82. The second-order valence-electron chi connectivity index (χ2n) is 3.44. The van der Waals surface area contributed by atoms with Crippen LogP contribution in [0.2, 0.25) is 5.02 Å². The Morgan fingerprint density at radius 2 is 2.12 bits per heavy atom. The molecule has 0 aliphatic heterocycles. The Labute approximate surface area is 105 Å². The van der Waals surface area contributed by atoms with Gasteiger partial charge in [-0.1, -0.05) is 18.5 Å². The first-order valence-corrected chi connectivity index (χ1v) is 5.74. The Balaban J connectivity index is 1.98. The maximum Gasteiger partial charge on any atom is 0.399 e. The van der Waals surface area contributed by atoms with Gasteiger partial charge in [-0.3, -0.25) is 0 Å². The van der Waals surface area contributed by atoms with Crippen LogP contribution in [-0.4, -0.2) is 11.5 Å². The summed E-state index contributed by atoms with van der Waals surface area (Å²) in [4.78, 5) is 4.18. The Morgan fingerprint density at radius 3 is 2.82 bits per heavy atom. The van der Waals surface area contributed by atoms with Crippen molar-refractivity contribution in [1.29, 1.82) is 0 Å². The van der Waals surface area contributed by atoms with E-state index in [-0.39, 0.29) is 6.08 Å². The second-order valence-corrected chi connectivity index (χ2v) is 3.88. The minimum Gasteiger partial charge on any atom is -0.417 e. The monoisotopic (exact) mass is 252 g/mol. The zero-order valence-electron chi connectivity index (χ0n) is 9.44. The molecule has 1 aromatic heterocycles. The van der Waals surface area contributed by atoms with E-state index in [1.54, 1.807) is 30.5 Å². The number of benzene rings is 1. The van der Waals surface area contributed by atoms with Crippen LogP contribution in [0.25, 0.3) is 0 Å². The second kappa shape index (κ2) is 5.70. The van der Waals surface area contributed by atoms with Gasteiger partial charge in [0.1, 0.15) is 12.0 Å². The van der Waals surface area contributed by atoms with Crippen LogP contribution in [0.1, 0.15) is 12.6 Å². The van der Waals surface area contributed by atoms with Gasteiger partial charge in [0.2, 0.25) is 0 Å². The average Bonchev–Trinajstić information content (AvgIpc) is 2.77. The minimum absolute atomic E-state index is 0.236. The summed E-state index contributed by atoms with van der Waals surface area (Å²) in [7, 11) is 0. The summed E-state index contributed by atoms with van der Waals surface area (Å²) in [6.07, 6.45) is 1.81. The third kappa shape index (κ3) is 3.47. The van der Waals surface area contributed by atoms with Crippen LogP contribution in [0.4, 0.5) is 0 Å². The third-order valence-corrected chi connectivity index (χ3v) is 2.36. The molecular formula is C12H13ClN2O2. The highest BCUT2D eigenvalue weighted by molar-refractivity contribution is 6.30. The lowest BCUT2D eigenvalue weighted by Crippen LogP contribution is -2.11. The SMILES string of the molecule is CCNCc1coc(Oc2ccc(Cl)cc2)n1. The topological polar surface area (TPSA) is 47.3 Å². The molecule has 0 amide bonds. The minimum atomic E-state index is 0.236. The Bertz CT molecular complexity index is 468. The molecule has 0 atom stereocenters. The van der Waals surface area contributed by atoms with Crippen molar-refractivity contribution in [3.05, 3.63) is 41.2 Å². The summed E-state index contributed by atoms with van der Waals surface area (Å²) in [6, 6.07) is 7.02. The number of nitrogens with zero attached hydrogens (tertiary/aromatic N) is 1. The molecule has 5 heteroatoms. The summed E-state index contributed by atoms with van der Waals surface area (Å²) in [5.41, 5.74) is 0.816. The summed E-state index contributed by atoms with van der Waals surface area (Å²) >= 11 is 5.77. The quantitative estimate of drug-likeness (QED) is 0.888. The summed E-state index contributed by atoms with van der Waals surface area (Å²) in [5.74, 6) is 0.645. The molecule has 4 nitrogen and oxygen atoms in total. The van der Waals surface area contributed by atoms with Crippen molar-refractivity contribution in [1.82, 2.24) is 10.3 Å². The zero-order chi connectivity index (χ0) is 12.1. The number of halogens is 1. The molecule has 0 unspecified atom stereocenters. The average molecular weight is 253 g/mol. The van der Waals surface area contributed by atoms with Gasteiger partial charge in [0.25, 0.3) is 0 Å². The first kappa shape index (κ1) is 12.0. The van der Waals surface area contributed by atoms with Crippen molar-refractivity contribution in [3.8, 4) is 11.8 Å². The number of hydrogen-bond donors (Lipinski definition) is 1. The number of oxazole rings is 1. The smallest absolute Gasteiger partial charge is 0.399 e. The van der Waals surface area contributed by atoms with E-state index >= 15 is 0 Å². The van der Waals surface area contributed by atoms with E-state index in [2.05, 4.69) is 10.3 Å². The number of rotatable bonds is 5. The van der Waals surface area contributed by atoms with Crippen molar-refractivity contribution < 1.29 is 9.15 Å². The van der Waals surface area contributed by atoms with Crippen LogP contribution in [0.5, 0.6) is 11.8 Å². The number of aromatic nitrogens is 1. The van der Waals surface area contributed by atoms with Gasteiger partial charge in [-0.15, -0.1) is 0 Å². The molecule has 0 fully saturated rings. The van der Waals surface area contributed by atoms with Gasteiger partial charge in [-0.05, 0) is 30.8 Å². The Kier molecular flexibility index (Phi) is 4.01. The molecule has 0 spiro atoms. The van der Waals surface area contributed by atoms with Crippen molar-refractivity contribution in [2.24, 2.45) is 0 Å². The number of ether oxygens (including phenoxy) is 1. The fourth-order valence-corrected chi connectivity index (χ4v) is 1.40. The predicted molar refractivity (Wildman–Crippen MR) is 65.4 cm³/mol. The van der Waals surface area contributed by atoms with Crippen molar-refractivity contribution in [2.45, 2.75) is 13.5 Å². The number of hydrogen-bond acceptors (Lipinski definition) is 4. The third-order valence-electron chi connectivity index (χ3n) is 2.11. The molecule has 0 saturated heterocycles. The van der Waals surface area contributed by atoms with Crippen molar-refractivity contribution in [2.75, 3.05) is 6.54 Å². The van der Waals surface area contributed by atoms with Gasteiger partial charge in [-0.2, -0.15) is 4.98 Å². The summed E-state index contributed by atoms with van der Waals surface area (Å²) < 4.78 is 10.6. The van der Waals surface area contributed by atoms with E-state index in [1.165, 1.54) is 0 Å². The lowest BCUT2D eigenvalue weighted by Gasteiger charge is -1.99. The van der Waals surface area contributed by atoms with E-state index in [4.69, 9.17) is 20.8 Å². The van der Waals surface area contributed by atoms with E-state index in [0.717, 1.165) is 12.2 Å². The van der Waals surface area contributed by atoms with E-state index in [0.29, 0.717) is 17.3 Å². The van der Waals surface area contributed by atoms with Crippen LogP contribution in [-0.2, 0) is 6.54 Å². The molecular weight excluding hydrogens is 240 g/mol. The van der Waals surface area contributed by atoms with Gasteiger partial charge in [0.15, 0.2) is 0 Å². The van der Waals surface area contributed by atoms with E-state index < -0.39 is 0 Å². The van der Waals surface area contributed by atoms with Crippen LogP contribution < -0.4 is 10.1 Å². The highest BCUT2D eigenvalue weighted by Crippen LogP contribution is 2.22. The molecule has 1 aromatic carbocycles. The molecule has 17 heavy (non-hydrogen) atoms. The van der Waals surface area contributed by atoms with E-state index in [9.17, 15) is 0 Å². The maximum absolute atomic E-state index is 5.77. The molecule has 1 N–H and O–H groups in total. The molecule has 0 aliphatic carbocycles. The highest BCUT2D eigenvalue weighted by atomic mass is 35.5. The largest absolute Gasteiger partial charge is 0.417 e. The molecule has 90 valence electrons. The van der Waals surface area contributed by atoms with Gasteiger partial charge < -0.3 is 14.5 Å². The normalized spacial score (nSPS) is 10.5. The van der Waals surface area contributed by atoms with Gasteiger partial charge in [0.05, 0.1) is 5.69 Å². The lowest BCUT2D eigenvalue weighted by atomic mass is 10.3. The van der Waals surface area contributed by atoms with E-state index in [1.807, 2.05) is 6.92 Å². The fourth-order valence-electron chi connectivity index (χ4n) is 1.27. The maximum atomic E-state index is 5.77. The molecule has 2 aromatic rings. The highest BCUT2D eigenvalue weighted by Gasteiger charge is 2.05. The predicted octanol–water partition coefficient (Wildman–Crippen LogP) is 3.23. The molecule has 0 aliphatic rings. The zero-order valence-corrected chi connectivity index (χ0v) is 10.2. The van der Waals surface area contributed by atoms with Gasteiger partial charge in [-0.25, -0.2) is 0 Å².